The lowest BCUT2D eigenvalue weighted by Crippen LogP contribution is -2.31. The molecule has 0 spiro atoms. The summed E-state index contributed by atoms with van der Waals surface area (Å²) < 4.78 is 36.2. The zero-order chi connectivity index (χ0) is 14.8. The number of aliphatic hydroxyl groups is 1. The van der Waals surface area contributed by atoms with Gasteiger partial charge in [0.1, 0.15) is 22.0 Å². The van der Waals surface area contributed by atoms with Crippen LogP contribution in [0.15, 0.2) is 9.31 Å². The van der Waals surface area contributed by atoms with E-state index >= 15 is 0 Å². The maximum Gasteiger partial charge on any atom is 0.342 e. The molecule has 0 fully saturated rings. The maximum atomic E-state index is 12.1. The fourth-order valence-electron chi connectivity index (χ4n) is 1.63. The Morgan fingerprint density at radius 2 is 2.00 bits per heavy atom. The number of aryl methyl sites for hydroxylation is 2. The van der Waals surface area contributed by atoms with Gasteiger partial charge in [-0.25, -0.2) is 17.9 Å². The number of ether oxygens (including phenoxy) is 1. The van der Waals surface area contributed by atoms with E-state index in [1.165, 1.54) is 20.8 Å². The summed E-state index contributed by atoms with van der Waals surface area (Å²) in [5, 5.41) is 9.12. The average Bonchev–Trinajstić information content (AvgIpc) is 2.61. The number of carbonyl (C=O) groups is 1. The van der Waals surface area contributed by atoms with E-state index < -0.39 is 22.1 Å². The number of rotatable bonds is 5. The van der Waals surface area contributed by atoms with Gasteiger partial charge in [-0.3, -0.25) is 0 Å². The number of esters is 1. The summed E-state index contributed by atoms with van der Waals surface area (Å²) in [7, 11) is -2.80. The monoisotopic (exact) mass is 291 g/mol. The van der Waals surface area contributed by atoms with Crippen LogP contribution in [-0.4, -0.2) is 39.3 Å². The zero-order valence-corrected chi connectivity index (χ0v) is 12.0. The molecule has 0 aromatic carbocycles. The van der Waals surface area contributed by atoms with Crippen molar-refractivity contribution < 1.29 is 27.5 Å². The minimum Gasteiger partial charge on any atom is -0.465 e. The molecule has 1 rings (SSSR count). The van der Waals surface area contributed by atoms with E-state index in [9.17, 15) is 13.2 Å². The van der Waals surface area contributed by atoms with E-state index in [0.29, 0.717) is 0 Å². The summed E-state index contributed by atoms with van der Waals surface area (Å²) in [5.74, 6) is -0.524. The normalized spacial score (nSPS) is 13.3. The molecule has 1 atom stereocenters. The Kier molecular flexibility index (Phi) is 4.72. The molecule has 19 heavy (non-hydrogen) atoms. The average molecular weight is 291 g/mol. The Hall–Kier alpha value is -1.38. The molecular weight excluding hydrogens is 274 g/mol. The molecule has 8 heteroatoms. The van der Waals surface area contributed by atoms with Crippen LogP contribution in [0.25, 0.3) is 0 Å². The van der Waals surface area contributed by atoms with Crippen molar-refractivity contribution in [2.75, 3.05) is 13.7 Å². The van der Waals surface area contributed by atoms with Crippen molar-refractivity contribution in [1.29, 1.82) is 0 Å². The number of carbonyl (C=O) groups excluding carboxylic acids is 1. The maximum absolute atomic E-state index is 12.1. The molecule has 7 nitrogen and oxygen atoms in total. The van der Waals surface area contributed by atoms with Gasteiger partial charge in [-0.2, -0.15) is 0 Å². The molecule has 0 amide bonds. The van der Waals surface area contributed by atoms with Gasteiger partial charge >= 0.3 is 5.97 Å². The van der Waals surface area contributed by atoms with Crippen LogP contribution in [0.4, 0.5) is 0 Å². The molecule has 0 aliphatic carbocycles. The van der Waals surface area contributed by atoms with Gasteiger partial charge in [-0.15, -0.1) is 0 Å². The molecule has 0 saturated carbocycles. The van der Waals surface area contributed by atoms with Crippen molar-refractivity contribution in [3.05, 3.63) is 17.1 Å². The molecule has 0 aliphatic rings. The quantitative estimate of drug-likeness (QED) is 0.758. The zero-order valence-electron chi connectivity index (χ0n) is 11.2. The van der Waals surface area contributed by atoms with Gasteiger partial charge in [0.05, 0.1) is 13.2 Å². The fraction of sp³-hybridized carbons (Fsp3) is 0.545. The largest absolute Gasteiger partial charge is 0.465 e. The minimum absolute atomic E-state index is 0.0935. The highest BCUT2D eigenvalue weighted by atomic mass is 32.2. The van der Waals surface area contributed by atoms with Crippen LogP contribution in [0.1, 0.15) is 28.8 Å². The highest BCUT2D eigenvalue weighted by molar-refractivity contribution is 7.89. The lowest BCUT2D eigenvalue weighted by Gasteiger charge is -2.09. The number of furan rings is 1. The number of aliphatic hydroxyl groups excluding tert-OH is 1. The summed E-state index contributed by atoms with van der Waals surface area (Å²) in [6.07, 6.45) is -0.843. The molecule has 0 bridgehead atoms. The smallest absolute Gasteiger partial charge is 0.342 e. The van der Waals surface area contributed by atoms with Crippen molar-refractivity contribution in [2.24, 2.45) is 0 Å². The second-order valence-electron chi connectivity index (χ2n) is 4.11. The highest BCUT2D eigenvalue weighted by Crippen LogP contribution is 2.27. The molecular formula is C11H17NO6S. The van der Waals surface area contributed by atoms with Crippen LogP contribution >= 0.6 is 0 Å². The van der Waals surface area contributed by atoms with Crippen molar-refractivity contribution in [3.63, 3.8) is 0 Å². The molecule has 108 valence electrons. The second-order valence-corrected chi connectivity index (χ2v) is 5.81. The van der Waals surface area contributed by atoms with E-state index in [1.54, 1.807) is 0 Å². The third-order valence-electron chi connectivity index (χ3n) is 2.43. The summed E-state index contributed by atoms with van der Waals surface area (Å²) >= 11 is 0. The predicted octanol–water partition coefficient (Wildman–Crippen LogP) is 0.342. The molecule has 1 aromatic heterocycles. The Labute approximate surface area is 111 Å². The number of nitrogens with one attached hydrogen (secondary N) is 1. The Bertz CT molecular complexity index is 572. The van der Waals surface area contributed by atoms with Crippen LogP contribution < -0.4 is 4.72 Å². The van der Waals surface area contributed by atoms with E-state index in [-0.39, 0.29) is 28.5 Å². The van der Waals surface area contributed by atoms with Gasteiger partial charge in [0.15, 0.2) is 0 Å². The lowest BCUT2D eigenvalue weighted by atomic mass is 10.2. The van der Waals surface area contributed by atoms with Crippen LogP contribution in [0.5, 0.6) is 0 Å². The summed E-state index contributed by atoms with van der Waals surface area (Å²) in [6, 6.07) is 0. The first kappa shape index (κ1) is 15.7. The second kappa shape index (κ2) is 5.72. The molecule has 2 N–H and O–H groups in total. The predicted molar refractivity (Wildman–Crippen MR) is 66.4 cm³/mol. The van der Waals surface area contributed by atoms with Gasteiger partial charge < -0.3 is 14.3 Å². The minimum atomic E-state index is -3.96. The van der Waals surface area contributed by atoms with Crippen molar-refractivity contribution in [1.82, 2.24) is 4.72 Å². The number of hydrogen-bond acceptors (Lipinski definition) is 6. The lowest BCUT2D eigenvalue weighted by molar-refractivity contribution is 0.0595. The fourth-order valence-corrected chi connectivity index (χ4v) is 3.15. The third kappa shape index (κ3) is 3.34. The molecule has 0 aliphatic heterocycles. The molecule has 1 heterocycles. The first-order valence-corrected chi connectivity index (χ1v) is 7.05. The van der Waals surface area contributed by atoms with Crippen molar-refractivity contribution in [2.45, 2.75) is 31.8 Å². The Morgan fingerprint density at radius 3 is 2.47 bits per heavy atom. The van der Waals surface area contributed by atoms with E-state index in [1.807, 2.05) is 0 Å². The molecule has 0 radical (unpaired) electrons. The van der Waals surface area contributed by atoms with Crippen LogP contribution in [0.3, 0.4) is 0 Å². The summed E-state index contributed by atoms with van der Waals surface area (Å²) in [5.41, 5.74) is -0.127. The van der Waals surface area contributed by atoms with Crippen molar-refractivity contribution >= 4 is 16.0 Å². The van der Waals surface area contributed by atoms with Crippen LogP contribution in [-0.2, 0) is 14.8 Å². The van der Waals surface area contributed by atoms with Gasteiger partial charge in [0, 0.05) is 6.54 Å². The molecule has 0 unspecified atom stereocenters. The number of methoxy groups -OCH3 is 1. The van der Waals surface area contributed by atoms with Crippen molar-refractivity contribution in [3.8, 4) is 0 Å². The summed E-state index contributed by atoms with van der Waals surface area (Å²) in [4.78, 5) is 11.4. The first-order valence-electron chi connectivity index (χ1n) is 5.56. The van der Waals surface area contributed by atoms with Gasteiger partial charge in [0.2, 0.25) is 10.0 Å². The van der Waals surface area contributed by atoms with Crippen LogP contribution in [0.2, 0.25) is 0 Å². The van der Waals surface area contributed by atoms with E-state index in [4.69, 9.17) is 9.52 Å². The molecule has 1 aromatic rings. The van der Waals surface area contributed by atoms with E-state index in [0.717, 1.165) is 7.11 Å². The highest BCUT2D eigenvalue weighted by Gasteiger charge is 2.31. The van der Waals surface area contributed by atoms with Gasteiger partial charge in [0.25, 0.3) is 0 Å². The standard InChI is InChI=1S/C11H17NO6S/c1-6(13)5-12-19(15,16)10-8(3)18-7(2)9(10)11(14)17-4/h6,12-13H,5H2,1-4H3/t6-/m1/s1. The number of hydrogen-bond donors (Lipinski definition) is 2. The number of sulfonamides is 1. The SMILES string of the molecule is COC(=O)c1c(C)oc(C)c1S(=O)(=O)NC[C@@H](C)O. The van der Waals surface area contributed by atoms with Gasteiger partial charge in [-0.05, 0) is 20.8 Å². The van der Waals surface area contributed by atoms with Crippen LogP contribution in [0, 0.1) is 13.8 Å². The van der Waals surface area contributed by atoms with Gasteiger partial charge in [-0.1, -0.05) is 0 Å². The topological polar surface area (TPSA) is 106 Å². The Balaban J connectivity index is 3.30. The third-order valence-corrected chi connectivity index (χ3v) is 4.01. The molecule has 0 saturated heterocycles. The first-order chi connectivity index (χ1) is 8.70. The summed E-state index contributed by atoms with van der Waals surface area (Å²) in [6.45, 7) is 4.20. The van der Waals surface area contributed by atoms with E-state index in [2.05, 4.69) is 9.46 Å². The Morgan fingerprint density at radius 1 is 1.42 bits per heavy atom.